The average molecular weight is 696 g/mol. The number of sulfonamides is 1. The molecule has 2 heterocycles. The van der Waals surface area contributed by atoms with Crippen LogP contribution in [-0.2, 0) is 21.2 Å². The molecular formula is C31H33F4N5O5S2. The van der Waals surface area contributed by atoms with E-state index in [4.69, 9.17) is 10.00 Å². The van der Waals surface area contributed by atoms with Crippen LogP contribution in [-0.4, -0.2) is 75.4 Å². The van der Waals surface area contributed by atoms with Gasteiger partial charge in [0.2, 0.25) is 5.91 Å². The van der Waals surface area contributed by atoms with Gasteiger partial charge >= 0.3 is 6.18 Å². The van der Waals surface area contributed by atoms with Gasteiger partial charge in [0.05, 0.1) is 40.0 Å². The van der Waals surface area contributed by atoms with Gasteiger partial charge < -0.3 is 25.4 Å². The zero-order chi connectivity index (χ0) is 34.4. The number of amides is 1. The van der Waals surface area contributed by atoms with Crippen molar-refractivity contribution in [1.29, 1.82) is 5.26 Å². The molecule has 0 bridgehead atoms. The second-order valence-corrected chi connectivity index (χ2v) is 13.7. The molecule has 1 aliphatic rings. The lowest BCUT2D eigenvalue weighted by atomic mass is 10.0. The van der Waals surface area contributed by atoms with E-state index in [-0.39, 0.29) is 34.5 Å². The molecule has 10 nitrogen and oxygen atoms in total. The fourth-order valence-corrected chi connectivity index (χ4v) is 7.47. The number of nitrogens with zero attached hydrogens (tertiary/aromatic N) is 2. The van der Waals surface area contributed by atoms with Gasteiger partial charge in [0.25, 0.3) is 10.0 Å². The van der Waals surface area contributed by atoms with Gasteiger partial charge in [-0.05, 0) is 36.8 Å². The molecule has 1 amide bonds. The van der Waals surface area contributed by atoms with E-state index in [0.717, 1.165) is 56.3 Å². The predicted molar refractivity (Wildman–Crippen MR) is 170 cm³/mol. The number of piperidine rings is 1. The molecule has 3 aromatic rings. The van der Waals surface area contributed by atoms with Gasteiger partial charge in [0.15, 0.2) is 6.61 Å². The van der Waals surface area contributed by atoms with Gasteiger partial charge in [-0.15, -0.1) is 11.3 Å². The second kappa shape index (κ2) is 15.2. The third-order valence-electron chi connectivity index (χ3n) is 7.13. The molecule has 1 aliphatic heterocycles. The first kappa shape index (κ1) is 35.8. The van der Waals surface area contributed by atoms with Crippen molar-refractivity contribution in [1.82, 2.24) is 9.62 Å². The van der Waals surface area contributed by atoms with Crippen molar-refractivity contribution < 1.29 is 40.6 Å². The Bertz CT molecular complexity index is 1820. The zero-order valence-corrected chi connectivity index (χ0v) is 27.1. The van der Waals surface area contributed by atoms with Crippen LogP contribution in [0.25, 0.3) is 10.1 Å². The molecule has 0 saturated carbocycles. The summed E-state index contributed by atoms with van der Waals surface area (Å²) in [6.07, 6.45) is -4.49. The molecule has 47 heavy (non-hydrogen) atoms. The van der Waals surface area contributed by atoms with Crippen molar-refractivity contribution in [2.45, 2.75) is 56.3 Å². The Balaban J connectivity index is 1.59. The highest BCUT2D eigenvalue weighted by Gasteiger charge is 2.31. The van der Waals surface area contributed by atoms with E-state index in [1.165, 1.54) is 0 Å². The first-order chi connectivity index (χ1) is 22.2. The van der Waals surface area contributed by atoms with Crippen molar-refractivity contribution in [3.05, 3.63) is 46.6 Å². The molecule has 252 valence electrons. The number of aliphatic hydroxyl groups is 1. The first-order valence-corrected chi connectivity index (χ1v) is 16.8. The summed E-state index contributed by atoms with van der Waals surface area (Å²) in [5.41, 5.74) is 0.684. The van der Waals surface area contributed by atoms with Crippen LogP contribution in [0.5, 0.6) is 5.75 Å². The largest absolute Gasteiger partial charge is 0.477 e. The number of fused-ring (bicyclic) bond motifs is 1. The van der Waals surface area contributed by atoms with E-state index < -0.39 is 52.0 Å². The van der Waals surface area contributed by atoms with Gasteiger partial charge in [-0.1, -0.05) is 24.0 Å². The number of ether oxygens (including phenoxy) is 1. The number of hydrogen-bond acceptors (Lipinski definition) is 10. The highest BCUT2D eigenvalue weighted by atomic mass is 32.2. The number of likely N-dealkylation sites (tertiary alicyclic amines) is 1. The number of aliphatic hydroxyl groups excluding tert-OH is 1. The Hall–Kier alpha value is -4.09. The van der Waals surface area contributed by atoms with Crippen molar-refractivity contribution in [3.63, 3.8) is 0 Å². The quantitative estimate of drug-likeness (QED) is 0.167. The molecular weight excluding hydrogens is 662 g/mol. The van der Waals surface area contributed by atoms with Crippen LogP contribution in [0, 0.1) is 29.0 Å². The molecule has 4 rings (SSSR count). The lowest BCUT2D eigenvalue weighted by molar-refractivity contribution is -0.127. The van der Waals surface area contributed by atoms with E-state index in [1.54, 1.807) is 29.8 Å². The summed E-state index contributed by atoms with van der Waals surface area (Å²) in [7, 11) is -4.57. The van der Waals surface area contributed by atoms with Crippen LogP contribution in [0.2, 0.25) is 0 Å². The number of hydrogen-bond donors (Lipinski definition) is 4. The molecule has 1 aromatic heterocycles. The summed E-state index contributed by atoms with van der Waals surface area (Å²) in [6, 6.07) is 8.58. The number of alkyl halides is 3. The van der Waals surface area contributed by atoms with Gasteiger partial charge in [0.1, 0.15) is 22.5 Å². The van der Waals surface area contributed by atoms with E-state index in [2.05, 4.69) is 27.4 Å². The summed E-state index contributed by atoms with van der Waals surface area (Å²) < 4.78 is 88.1. The zero-order valence-electron chi connectivity index (χ0n) is 25.5. The normalized spacial score (nSPS) is 14.9. The number of nitriles is 1. The predicted octanol–water partition coefficient (Wildman–Crippen LogP) is 4.59. The van der Waals surface area contributed by atoms with Crippen molar-refractivity contribution in [3.8, 4) is 23.7 Å². The van der Waals surface area contributed by atoms with Crippen molar-refractivity contribution in [2.24, 2.45) is 0 Å². The molecule has 2 aromatic carbocycles. The van der Waals surface area contributed by atoms with Crippen LogP contribution in [0.15, 0.2) is 35.2 Å². The van der Waals surface area contributed by atoms with Gasteiger partial charge in [-0.2, -0.15) is 18.4 Å². The maximum Gasteiger partial charge on any atom is 0.393 e. The molecule has 0 aliphatic carbocycles. The highest BCUT2D eigenvalue weighted by Crippen LogP contribution is 2.39. The SMILES string of the molecule is CC(=O)NS(=O)(=O)c1cc(OCC#N)c(NCC#Cc2sc3c(NC4CCN(CC(C)O)CC4)cccc3c2CC(F)(F)F)cc1F. The fourth-order valence-electron chi connectivity index (χ4n) is 5.23. The molecule has 1 unspecified atom stereocenters. The Labute approximate surface area is 273 Å². The van der Waals surface area contributed by atoms with E-state index >= 15 is 0 Å². The Kier molecular flexibility index (Phi) is 11.6. The van der Waals surface area contributed by atoms with Gasteiger partial charge in [0, 0.05) is 44.7 Å². The molecule has 0 spiro atoms. The van der Waals surface area contributed by atoms with Crippen LogP contribution < -0.4 is 20.1 Å². The van der Waals surface area contributed by atoms with E-state index in [1.807, 2.05) is 6.07 Å². The summed E-state index contributed by atoms with van der Waals surface area (Å²) in [4.78, 5) is 12.8. The summed E-state index contributed by atoms with van der Waals surface area (Å²) in [5, 5.41) is 25.3. The standard InChI is InChI=1S/C31H33F4N5O5S2/c1-19(41)18-40-12-8-21(9-13-40)38-25-6-3-5-22-23(17-31(33,34)35)28(46-30(22)25)7-4-11-37-26-15-24(32)29(16-27(26)45-14-10-36)47(43,44)39-20(2)42/h3,5-6,15-16,19,21,37-38,41H,8-9,11-14,17-18H2,1-2H3,(H,39,42). The smallest absolute Gasteiger partial charge is 0.393 e. The summed E-state index contributed by atoms with van der Waals surface area (Å²) in [5.74, 6) is 3.18. The lowest BCUT2D eigenvalue weighted by Gasteiger charge is -2.33. The second-order valence-electron chi connectivity index (χ2n) is 11.0. The molecule has 1 saturated heterocycles. The lowest BCUT2D eigenvalue weighted by Crippen LogP contribution is -2.41. The average Bonchev–Trinajstić information content (AvgIpc) is 3.31. The number of rotatable bonds is 11. The fraction of sp³-hybridized carbons (Fsp3) is 0.419. The molecule has 1 fully saturated rings. The highest BCUT2D eigenvalue weighted by molar-refractivity contribution is 7.90. The minimum Gasteiger partial charge on any atom is -0.477 e. The molecule has 0 radical (unpaired) electrons. The van der Waals surface area contributed by atoms with Gasteiger partial charge in [-0.3, -0.25) is 4.79 Å². The van der Waals surface area contributed by atoms with E-state index in [9.17, 15) is 35.9 Å². The Morgan fingerprint density at radius 2 is 1.96 bits per heavy atom. The van der Waals surface area contributed by atoms with Crippen molar-refractivity contribution >= 4 is 48.7 Å². The third kappa shape index (κ3) is 9.71. The summed E-state index contributed by atoms with van der Waals surface area (Å²) in [6.45, 7) is 4.12. The number of thiophene rings is 1. The minimum absolute atomic E-state index is 0.0389. The monoisotopic (exact) mass is 695 g/mol. The number of carbonyl (C=O) groups is 1. The number of anilines is 2. The van der Waals surface area contributed by atoms with Crippen molar-refractivity contribution in [2.75, 3.05) is 43.4 Å². The number of β-amino-alcohol motifs (C(OH)–C–C–N with tert-alkyl or cyclic N) is 1. The topological polar surface area (TPSA) is 144 Å². The summed E-state index contributed by atoms with van der Waals surface area (Å²) >= 11 is 1.13. The molecule has 4 N–H and O–H groups in total. The van der Waals surface area contributed by atoms with Crippen LogP contribution >= 0.6 is 11.3 Å². The number of carbonyl (C=O) groups excluding carboxylic acids is 1. The maximum absolute atomic E-state index is 14.8. The number of nitrogens with one attached hydrogen (secondary N) is 3. The Morgan fingerprint density at radius 3 is 2.60 bits per heavy atom. The van der Waals surface area contributed by atoms with Crippen LogP contribution in [0.4, 0.5) is 28.9 Å². The third-order valence-corrected chi connectivity index (χ3v) is 9.77. The molecule has 16 heteroatoms. The van der Waals surface area contributed by atoms with Gasteiger partial charge in [-0.25, -0.2) is 17.5 Å². The van der Waals surface area contributed by atoms with Crippen LogP contribution in [0.1, 0.15) is 37.1 Å². The number of halogens is 4. The minimum atomic E-state index is -4.57. The maximum atomic E-state index is 14.8. The molecule has 1 atom stereocenters. The number of benzene rings is 2. The van der Waals surface area contributed by atoms with E-state index in [0.29, 0.717) is 22.3 Å². The Morgan fingerprint density at radius 1 is 1.23 bits per heavy atom. The first-order valence-electron chi connectivity index (χ1n) is 14.5. The van der Waals surface area contributed by atoms with Crippen LogP contribution in [0.3, 0.4) is 0 Å².